The second-order valence-corrected chi connectivity index (χ2v) is 6.98. The van der Waals surface area contributed by atoms with Crippen molar-refractivity contribution in [2.75, 3.05) is 5.32 Å². The molecule has 0 aliphatic heterocycles. The van der Waals surface area contributed by atoms with Crippen molar-refractivity contribution in [3.8, 4) is 11.4 Å². The number of anilines is 1. The number of amidine groups is 1. The molecule has 0 radical (unpaired) electrons. The van der Waals surface area contributed by atoms with Crippen LogP contribution in [0.4, 0.5) is 5.69 Å². The quantitative estimate of drug-likeness (QED) is 0.364. The minimum atomic E-state index is -0.939. The van der Waals surface area contributed by atoms with E-state index in [1.54, 1.807) is 36.7 Å². The highest BCUT2D eigenvalue weighted by Gasteiger charge is 2.22. The van der Waals surface area contributed by atoms with Gasteiger partial charge in [-0.05, 0) is 31.0 Å². The smallest absolute Gasteiger partial charge is 0.270 e. The molecule has 2 atom stereocenters. The number of aliphatic imine (C=N–C) groups is 2. The molecule has 10 nitrogen and oxygen atoms in total. The van der Waals surface area contributed by atoms with Gasteiger partial charge in [-0.15, -0.1) is 0 Å². The maximum atomic E-state index is 11.6. The summed E-state index contributed by atoms with van der Waals surface area (Å²) in [6, 6.07) is 8.66. The van der Waals surface area contributed by atoms with E-state index in [9.17, 15) is 4.79 Å². The van der Waals surface area contributed by atoms with Crippen molar-refractivity contribution in [1.29, 1.82) is 5.41 Å². The highest BCUT2D eigenvalue weighted by Crippen LogP contribution is 2.20. The Kier molecular flexibility index (Phi) is 6.81. The summed E-state index contributed by atoms with van der Waals surface area (Å²) in [5.41, 5.74) is 18.2. The number of carbonyl (C=O) groups is 1. The number of amides is 1. The number of aromatic nitrogens is 2. The fraction of sp³-hybridized carbons (Fsp3) is 0.300. The molecule has 1 saturated carbocycles. The maximum absolute atomic E-state index is 11.6. The summed E-state index contributed by atoms with van der Waals surface area (Å²) in [4.78, 5) is 28.6. The third kappa shape index (κ3) is 5.45. The number of guanidine groups is 1. The van der Waals surface area contributed by atoms with Gasteiger partial charge in [0.25, 0.3) is 5.91 Å². The molecule has 0 spiro atoms. The molecule has 1 aromatic carbocycles. The lowest BCUT2D eigenvalue weighted by molar-refractivity contribution is -0.111. The summed E-state index contributed by atoms with van der Waals surface area (Å²) >= 11 is 0. The van der Waals surface area contributed by atoms with Crippen LogP contribution in [0, 0.1) is 5.41 Å². The first-order valence-electron chi connectivity index (χ1n) is 9.65. The Balaban J connectivity index is 1.87. The number of hydrogen-bond acceptors (Lipinski definition) is 6. The zero-order valence-corrected chi connectivity index (χ0v) is 16.5. The van der Waals surface area contributed by atoms with Crippen molar-refractivity contribution in [3.05, 3.63) is 42.7 Å². The number of primary amides is 1. The summed E-state index contributed by atoms with van der Waals surface area (Å²) in [5.74, 6) is -0.560. The van der Waals surface area contributed by atoms with Crippen molar-refractivity contribution in [1.82, 2.24) is 9.97 Å². The van der Waals surface area contributed by atoms with Crippen molar-refractivity contribution >= 4 is 29.1 Å². The van der Waals surface area contributed by atoms with E-state index in [2.05, 4.69) is 25.3 Å². The fourth-order valence-electron chi connectivity index (χ4n) is 3.20. The van der Waals surface area contributed by atoms with Crippen LogP contribution in [0.25, 0.3) is 11.4 Å². The van der Waals surface area contributed by atoms with E-state index in [1.165, 1.54) is 0 Å². The van der Waals surface area contributed by atoms with Gasteiger partial charge in [0, 0.05) is 29.7 Å². The normalized spacial score (nSPS) is 19.9. The number of nitrogens with one attached hydrogen (secondary N) is 2. The van der Waals surface area contributed by atoms with Crippen LogP contribution in [0.1, 0.15) is 25.7 Å². The zero-order valence-electron chi connectivity index (χ0n) is 16.5. The molecule has 0 bridgehead atoms. The fourth-order valence-corrected chi connectivity index (χ4v) is 3.20. The predicted molar refractivity (Wildman–Crippen MR) is 117 cm³/mol. The Morgan fingerprint density at radius 2 is 1.87 bits per heavy atom. The van der Waals surface area contributed by atoms with E-state index in [1.807, 2.05) is 6.07 Å². The molecule has 0 saturated heterocycles. The third-order valence-corrected chi connectivity index (χ3v) is 4.74. The van der Waals surface area contributed by atoms with Gasteiger partial charge >= 0.3 is 0 Å². The summed E-state index contributed by atoms with van der Waals surface area (Å²) in [7, 11) is 0. The van der Waals surface area contributed by atoms with Crippen LogP contribution in [0.15, 0.2) is 52.7 Å². The second-order valence-electron chi connectivity index (χ2n) is 6.98. The summed E-state index contributed by atoms with van der Waals surface area (Å²) < 4.78 is 0. The number of nitrogens with zero attached hydrogens (tertiary/aromatic N) is 4. The van der Waals surface area contributed by atoms with E-state index in [0.717, 1.165) is 31.2 Å². The van der Waals surface area contributed by atoms with Crippen molar-refractivity contribution in [3.63, 3.8) is 0 Å². The van der Waals surface area contributed by atoms with Crippen molar-refractivity contribution in [2.24, 2.45) is 27.2 Å². The van der Waals surface area contributed by atoms with Crippen molar-refractivity contribution < 1.29 is 4.79 Å². The number of benzene rings is 1. The summed E-state index contributed by atoms with van der Waals surface area (Å²) in [5, 5.41) is 10.9. The van der Waals surface area contributed by atoms with Gasteiger partial charge in [-0.1, -0.05) is 25.0 Å². The minimum Gasteiger partial charge on any atom is -0.368 e. The van der Waals surface area contributed by atoms with E-state index < -0.39 is 11.6 Å². The Bertz CT molecular complexity index is 971. The number of rotatable bonds is 5. The first-order chi connectivity index (χ1) is 14.4. The Labute approximate surface area is 174 Å². The Morgan fingerprint density at radius 1 is 1.13 bits per heavy atom. The molecule has 30 heavy (non-hydrogen) atoms. The molecule has 1 aliphatic carbocycles. The first kappa shape index (κ1) is 21.1. The number of carbonyl (C=O) groups excluding carboxylic acids is 1. The first-order valence-corrected chi connectivity index (χ1v) is 9.65. The topological polar surface area (TPSA) is 182 Å². The predicted octanol–water partition coefficient (Wildman–Crippen LogP) is 1.04. The minimum absolute atomic E-state index is 0.0617. The molecule has 1 fully saturated rings. The molecule has 0 unspecified atom stereocenters. The standard InChI is InChI=1S/C20H25N9O/c21-14-7-1-2-8-15(14)28-20(24)29-19(16(22)17(23)30)27-13-6-3-5-12(11-13)18-25-9-4-10-26-18/h3-6,9-11,14-15,22H,1-2,7-8,21H2,(H2,23,30)(H3,24,27,28,29)/t14-,15+/m0/s1. The van der Waals surface area contributed by atoms with E-state index in [0.29, 0.717) is 11.5 Å². The van der Waals surface area contributed by atoms with Crippen LogP contribution in [-0.4, -0.2) is 45.5 Å². The van der Waals surface area contributed by atoms with E-state index in [4.69, 9.17) is 22.6 Å². The molecular formula is C20H25N9O. The third-order valence-electron chi connectivity index (χ3n) is 4.74. The van der Waals surface area contributed by atoms with Gasteiger partial charge in [-0.3, -0.25) is 10.2 Å². The van der Waals surface area contributed by atoms with Crippen molar-refractivity contribution in [2.45, 2.75) is 37.8 Å². The van der Waals surface area contributed by atoms with Crippen LogP contribution in [0.5, 0.6) is 0 Å². The van der Waals surface area contributed by atoms with Gasteiger partial charge in [0.15, 0.2) is 17.4 Å². The van der Waals surface area contributed by atoms with Gasteiger partial charge in [0.05, 0.1) is 6.04 Å². The van der Waals surface area contributed by atoms with E-state index in [-0.39, 0.29) is 23.9 Å². The molecule has 1 heterocycles. The van der Waals surface area contributed by atoms with Crippen LogP contribution in [0.3, 0.4) is 0 Å². The summed E-state index contributed by atoms with van der Waals surface area (Å²) in [6.45, 7) is 0. The lowest BCUT2D eigenvalue weighted by atomic mass is 9.91. The van der Waals surface area contributed by atoms with Gasteiger partial charge in [0.1, 0.15) is 0 Å². The molecule has 8 N–H and O–H groups in total. The highest BCUT2D eigenvalue weighted by molar-refractivity contribution is 6.67. The zero-order chi connectivity index (χ0) is 21.5. The average Bonchev–Trinajstić information content (AvgIpc) is 2.75. The molecule has 1 aliphatic rings. The SMILES string of the molecule is N=C(C(N)=O)C(=NC(N)=N[C@@H]1CCCC[C@@H]1N)Nc1cccc(-c2ncccn2)c1. The van der Waals surface area contributed by atoms with Crippen LogP contribution in [0.2, 0.25) is 0 Å². The lowest BCUT2D eigenvalue weighted by Gasteiger charge is -2.25. The van der Waals surface area contributed by atoms with E-state index >= 15 is 0 Å². The van der Waals surface area contributed by atoms with Gasteiger partial charge < -0.3 is 22.5 Å². The molecule has 1 amide bonds. The molecule has 156 valence electrons. The van der Waals surface area contributed by atoms with Gasteiger partial charge in [-0.2, -0.15) is 4.99 Å². The molecule has 3 rings (SSSR count). The van der Waals surface area contributed by atoms with Crippen LogP contribution >= 0.6 is 0 Å². The maximum Gasteiger partial charge on any atom is 0.270 e. The second kappa shape index (κ2) is 9.70. The molecular weight excluding hydrogens is 382 g/mol. The molecule has 10 heteroatoms. The number of nitrogens with two attached hydrogens (primary N) is 3. The Morgan fingerprint density at radius 3 is 2.57 bits per heavy atom. The molecule has 2 aromatic rings. The largest absolute Gasteiger partial charge is 0.368 e. The molecule has 1 aromatic heterocycles. The number of hydrogen-bond donors (Lipinski definition) is 5. The highest BCUT2D eigenvalue weighted by atomic mass is 16.1. The summed E-state index contributed by atoms with van der Waals surface area (Å²) in [6.07, 6.45) is 7.08. The van der Waals surface area contributed by atoms with Crippen LogP contribution < -0.4 is 22.5 Å². The lowest BCUT2D eigenvalue weighted by Crippen LogP contribution is -2.38. The van der Waals surface area contributed by atoms with Crippen LogP contribution in [-0.2, 0) is 4.79 Å². The van der Waals surface area contributed by atoms with Gasteiger partial charge in [0.2, 0.25) is 5.96 Å². The average molecular weight is 407 g/mol. The Hall–Kier alpha value is -3.66. The monoisotopic (exact) mass is 407 g/mol. The van der Waals surface area contributed by atoms with Gasteiger partial charge in [-0.25, -0.2) is 15.0 Å².